The second-order valence-corrected chi connectivity index (χ2v) is 4.77. The third-order valence-electron chi connectivity index (χ3n) is 2.63. The molecule has 0 bridgehead atoms. The zero-order valence-corrected chi connectivity index (χ0v) is 11.6. The summed E-state index contributed by atoms with van der Waals surface area (Å²) in [4.78, 5) is 15.2. The maximum absolute atomic E-state index is 11.0. The first-order chi connectivity index (χ1) is 8.52. The number of carbonyl (C=O) groups is 1. The molecule has 0 spiro atoms. The third kappa shape index (κ3) is 2.31. The molecule has 0 saturated heterocycles. The van der Waals surface area contributed by atoms with Crippen molar-refractivity contribution in [3.8, 4) is 11.5 Å². The van der Waals surface area contributed by atoms with Gasteiger partial charge in [-0.15, -0.1) is 0 Å². The molecule has 5 heteroatoms. The Morgan fingerprint density at radius 2 is 2.22 bits per heavy atom. The van der Waals surface area contributed by atoms with Gasteiger partial charge in [-0.25, -0.2) is 9.78 Å². The van der Waals surface area contributed by atoms with E-state index < -0.39 is 5.97 Å². The van der Waals surface area contributed by atoms with Gasteiger partial charge >= 0.3 is 5.97 Å². The molecule has 0 aliphatic carbocycles. The normalized spacial score (nSPS) is 10.6. The number of aromatic carboxylic acids is 1. The van der Waals surface area contributed by atoms with E-state index in [1.165, 1.54) is 0 Å². The fourth-order valence-electron chi connectivity index (χ4n) is 1.66. The molecular formula is C13H12BrNO3. The fraction of sp³-hybridized carbons (Fsp3) is 0.231. The van der Waals surface area contributed by atoms with Gasteiger partial charge in [0.2, 0.25) is 11.7 Å². The standard InChI is InChI=1S/C13H12BrNO3/c1-3-10-11(13(16)17)18-12(15-10)8-4-5-9(14)7(2)6-8/h4-6H,3H2,1-2H3,(H,16,17). The highest BCUT2D eigenvalue weighted by molar-refractivity contribution is 9.10. The third-order valence-corrected chi connectivity index (χ3v) is 3.52. The first-order valence-electron chi connectivity index (χ1n) is 5.52. The summed E-state index contributed by atoms with van der Waals surface area (Å²) in [6.45, 7) is 3.80. The summed E-state index contributed by atoms with van der Waals surface area (Å²) in [5, 5.41) is 9.01. The Morgan fingerprint density at radius 3 is 2.72 bits per heavy atom. The van der Waals surface area contributed by atoms with Crippen molar-refractivity contribution in [1.82, 2.24) is 4.98 Å². The van der Waals surface area contributed by atoms with Crippen molar-refractivity contribution in [3.05, 3.63) is 39.7 Å². The lowest BCUT2D eigenvalue weighted by Crippen LogP contribution is -1.98. The topological polar surface area (TPSA) is 63.3 Å². The quantitative estimate of drug-likeness (QED) is 0.939. The molecule has 0 aliphatic heterocycles. The lowest BCUT2D eigenvalue weighted by molar-refractivity contribution is 0.0662. The van der Waals surface area contributed by atoms with E-state index in [0.29, 0.717) is 18.0 Å². The SMILES string of the molecule is CCc1nc(-c2ccc(Br)c(C)c2)oc1C(=O)O. The van der Waals surface area contributed by atoms with Crippen LogP contribution in [0.5, 0.6) is 0 Å². The monoisotopic (exact) mass is 309 g/mol. The first kappa shape index (κ1) is 12.8. The molecule has 4 nitrogen and oxygen atoms in total. The number of rotatable bonds is 3. The molecule has 2 rings (SSSR count). The van der Waals surface area contributed by atoms with Gasteiger partial charge in [-0.3, -0.25) is 0 Å². The smallest absolute Gasteiger partial charge is 0.373 e. The van der Waals surface area contributed by atoms with Gasteiger partial charge in [-0.2, -0.15) is 0 Å². The molecule has 0 unspecified atom stereocenters. The maximum Gasteiger partial charge on any atom is 0.373 e. The summed E-state index contributed by atoms with van der Waals surface area (Å²) in [5.41, 5.74) is 2.29. The summed E-state index contributed by atoms with van der Waals surface area (Å²) in [5.74, 6) is -0.813. The Balaban J connectivity index is 2.50. The van der Waals surface area contributed by atoms with Crippen LogP contribution in [0.25, 0.3) is 11.5 Å². The van der Waals surface area contributed by atoms with Crippen molar-refractivity contribution < 1.29 is 14.3 Å². The predicted octanol–water partition coefficient (Wildman–Crippen LogP) is 3.67. The van der Waals surface area contributed by atoms with Crippen LogP contribution in [0.1, 0.15) is 28.7 Å². The fourth-order valence-corrected chi connectivity index (χ4v) is 1.91. The van der Waals surface area contributed by atoms with Crippen LogP contribution < -0.4 is 0 Å². The number of hydrogen-bond acceptors (Lipinski definition) is 3. The number of benzene rings is 1. The van der Waals surface area contributed by atoms with Crippen LogP contribution in [0.15, 0.2) is 27.1 Å². The zero-order chi connectivity index (χ0) is 13.3. The van der Waals surface area contributed by atoms with Crippen molar-refractivity contribution in [2.45, 2.75) is 20.3 Å². The van der Waals surface area contributed by atoms with Crippen LogP contribution in [-0.4, -0.2) is 16.1 Å². The molecule has 2 aromatic rings. The van der Waals surface area contributed by atoms with Gasteiger partial charge in [0.1, 0.15) is 0 Å². The molecule has 1 heterocycles. The highest BCUT2D eigenvalue weighted by atomic mass is 79.9. The second kappa shape index (κ2) is 4.94. The summed E-state index contributed by atoms with van der Waals surface area (Å²) in [7, 11) is 0. The average Bonchev–Trinajstić information content (AvgIpc) is 2.77. The molecule has 1 aromatic heterocycles. The molecule has 0 atom stereocenters. The highest BCUT2D eigenvalue weighted by Crippen LogP contribution is 2.26. The Morgan fingerprint density at radius 1 is 1.50 bits per heavy atom. The van der Waals surface area contributed by atoms with E-state index in [4.69, 9.17) is 9.52 Å². The minimum absolute atomic E-state index is 0.0759. The summed E-state index contributed by atoms with van der Waals surface area (Å²) in [6, 6.07) is 5.63. The Labute approximate surface area is 113 Å². The number of halogens is 1. The van der Waals surface area contributed by atoms with Crippen LogP contribution in [0, 0.1) is 6.92 Å². The molecule has 94 valence electrons. The van der Waals surface area contributed by atoms with E-state index in [1.807, 2.05) is 32.0 Å². The van der Waals surface area contributed by atoms with Gasteiger partial charge in [-0.05, 0) is 37.1 Å². The summed E-state index contributed by atoms with van der Waals surface area (Å²) in [6.07, 6.45) is 0.528. The molecule has 0 radical (unpaired) electrons. The van der Waals surface area contributed by atoms with Crippen LogP contribution in [0.2, 0.25) is 0 Å². The number of carboxylic acids is 1. The average molecular weight is 310 g/mol. The minimum atomic E-state index is -1.08. The van der Waals surface area contributed by atoms with E-state index in [9.17, 15) is 4.79 Å². The number of carboxylic acid groups (broad SMARTS) is 1. The molecule has 18 heavy (non-hydrogen) atoms. The van der Waals surface area contributed by atoms with Crippen LogP contribution in [0.3, 0.4) is 0 Å². The zero-order valence-electron chi connectivity index (χ0n) is 10.0. The van der Waals surface area contributed by atoms with Gasteiger partial charge in [0.05, 0.1) is 5.69 Å². The Kier molecular flexibility index (Phi) is 3.52. The molecule has 0 saturated carbocycles. The summed E-state index contributed by atoms with van der Waals surface area (Å²) >= 11 is 3.41. The van der Waals surface area contributed by atoms with E-state index in [0.717, 1.165) is 15.6 Å². The van der Waals surface area contributed by atoms with Crippen molar-refractivity contribution in [2.24, 2.45) is 0 Å². The molecule has 1 N–H and O–H groups in total. The number of aromatic nitrogens is 1. The van der Waals surface area contributed by atoms with E-state index in [2.05, 4.69) is 20.9 Å². The van der Waals surface area contributed by atoms with E-state index in [1.54, 1.807) is 0 Å². The molecule has 1 aromatic carbocycles. The van der Waals surface area contributed by atoms with Crippen LogP contribution in [-0.2, 0) is 6.42 Å². The van der Waals surface area contributed by atoms with Gasteiger partial charge in [0.25, 0.3) is 0 Å². The predicted molar refractivity (Wildman–Crippen MR) is 70.7 cm³/mol. The second-order valence-electron chi connectivity index (χ2n) is 3.92. The summed E-state index contributed by atoms with van der Waals surface area (Å²) < 4.78 is 6.31. The van der Waals surface area contributed by atoms with Crippen molar-refractivity contribution in [1.29, 1.82) is 0 Å². The Bertz CT molecular complexity index is 604. The van der Waals surface area contributed by atoms with Gasteiger partial charge in [0, 0.05) is 10.0 Å². The first-order valence-corrected chi connectivity index (χ1v) is 6.31. The maximum atomic E-state index is 11.0. The molecule has 0 aliphatic rings. The molecule has 0 amide bonds. The van der Waals surface area contributed by atoms with Crippen molar-refractivity contribution >= 4 is 21.9 Å². The number of aryl methyl sites for hydroxylation is 2. The largest absolute Gasteiger partial charge is 0.475 e. The number of oxazole rings is 1. The van der Waals surface area contributed by atoms with Crippen LogP contribution >= 0.6 is 15.9 Å². The minimum Gasteiger partial charge on any atom is -0.475 e. The number of hydrogen-bond donors (Lipinski definition) is 1. The lowest BCUT2D eigenvalue weighted by Gasteiger charge is -2.00. The molecule has 0 fully saturated rings. The van der Waals surface area contributed by atoms with E-state index >= 15 is 0 Å². The van der Waals surface area contributed by atoms with Crippen molar-refractivity contribution in [2.75, 3.05) is 0 Å². The Hall–Kier alpha value is -1.62. The van der Waals surface area contributed by atoms with Crippen LogP contribution in [0.4, 0.5) is 0 Å². The van der Waals surface area contributed by atoms with E-state index in [-0.39, 0.29) is 5.76 Å². The van der Waals surface area contributed by atoms with Crippen molar-refractivity contribution in [3.63, 3.8) is 0 Å². The number of nitrogens with zero attached hydrogens (tertiary/aromatic N) is 1. The van der Waals surface area contributed by atoms with Gasteiger partial charge in [-0.1, -0.05) is 22.9 Å². The molecular weight excluding hydrogens is 298 g/mol. The highest BCUT2D eigenvalue weighted by Gasteiger charge is 2.19. The van der Waals surface area contributed by atoms with Gasteiger partial charge < -0.3 is 9.52 Å². The van der Waals surface area contributed by atoms with Gasteiger partial charge in [0.15, 0.2) is 0 Å². The lowest BCUT2D eigenvalue weighted by atomic mass is 10.1.